The first kappa shape index (κ1) is 16.3. The van der Waals surface area contributed by atoms with Crippen LogP contribution in [0.3, 0.4) is 0 Å². The van der Waals surface area contributed by atoms with Crippen molar-refractivity contribution < 1.29 is 8.42 Å². The van der Waals surface area contributed by atoms with Gasteiger partial charge in [-0.1, -0.05) is 15.9 Å². The summed E-state index contributed by atoms with van der Waals surface area (Å²) in [4.78, 5) is 0.190. The van der Waals surface area contributed by atoms with Crippen molar-refractivity contribution >= 4 is 53.3 Å². The first-order valence-corrected chi connectivity index (χ1v) is 9.12. The largest absolute Gasteiger partial charge is 0.398 e. The van der Waals surface area contributed by atoms with E-state index in [-0.39, 0.29) is 4.90 Å². The van der Waals surface area contributed by atoms with Crippen molar-refractivity contribution in [2.45, 2.75) is 18.7 Å². The Morgan fingerprint density at radius 2 is 1.76 bits per heavy atom. The Hall–Kier alpha value is -1.05. The van der Waals surface area contributed by atoms with E-state index in [4.69, 9.17) is 5.73 Å². The first-order chi connectivity index (χ1) is 9.70. The molecule has 7 heteroatoms. The molecule has 112 valence electrons. The van der Waals surface area contributed by atoms with Gasteiger partial charge in [0.25, 0.3) is 10.0 Å². The lowest BCUT2D eigenvalue weighted by Gasteiger charge is -2.14. The van der Waals surface area contributed by atoms with Crippen molar-refractivity contribution in [1.82, 2.24) is 0 Å². The number of nitrogens with one attached hydrogen (secondary N) is 1. The molecule has 0 atom stereocenters. The van der Waals surface area contributed by atoms with Crippen molar-refractivity contribution in [3.63, 3.8) is 0 Å². The smallest absolute Gasteiger partial charge is 0.262 e. The van der Waals surface area contributed by atoms with Gasteiger partial charge in [0.2, 0.25) is 0 Å². The Labute approximate surface area is 141 Å². The molecular weight excluding hydrogens is 420 g/mol. The van der Waals surface area contributed by atoms with Crippen LogP contribution >= 0.6 is 31.9 Å². The lowest BCUT2D eigenvalue weighted by Crippen LogP contribution is -2.15. The number of sulfonamides is 1. The fourth-order valence-electron chi connectivity index (χ4n) is 1.90. The van der Waals surface area contributed by atoms with E-state index in [2.05, 4.69) is 36.6 Å². The van der Waals surface area contributed by atoms with Gasteiger partial charge in [0.15, 0.2) is 0 Å². The molecule has 2 aromatic carbocycles. The molecule has 0 aliphatic rings. The van der Waals surface area contributed by atoms with Crippen LogP contribution in [0.5, 0.6) is 0 Å². The molecule has 0 amide bonds. The minimum atomic E-state index is -3.70. The highest BCUT2D eigenvalue weighted by molar-refractivity contribution is 9.11. The van der Waals surface area contributed by atoms with Gasteiger partial charge in [-0.2, -0.15) is 0 Å². The Kier molecular flexibility index (Phi) is 4.65. The van der Waals surface area contributed by atoms with Crippen LogP contribution < -0.4 is 10.5 Å². The highest BCUT2D eigenvalue weighted by Crippen LogP contribution is 2.30. The third-order valence-corrected chi connectivity index (χ3v) is 5.65. The van der Waals surface area contributed by atoms with Gasteiger partial charge in [0.05, 0.1) is 10.6 Å². The van der Waals surface area contributed by atoms with Crippen molar-refractivity contribution in [3.05, 3.63) is 50.4 Å². The van der Waals surface area contributed by atoms with E-state index < -0.39 is 10.0 Å². The van der Waals surface area contributed by atoms with Crippen LogP contribution in [0, 0.1) is 13.8 Å². The lowest BCUT2D eigenvalue weighted by molar-refractivity contribution is 0.600. The van der Waals surface area contributed by atoms with E-state index in [1.165, 1.54) is 0 Å². The molecule has 0 unspecified atom stereocenters. The van der Waals surface area contributed by atoms with E-state index in [0.29, 0.717) is 21.4 Å². The number of aryl methyl sites for hydroxylation is 1. The molecular formula is C14H14Br2N2O2S. The normalized spacial score (nSPS) is 11.4. The molecule has 0 fully saturated rings. The Morgan fingerprint density at radius 3 is 2.38 bits per heavy atom. The standard InChI is InChI=1S/C14H14Br2N2O2S/c1-8-5-12(17)9(2)14(6-8)21(19,20)18-13-4-3-10(15)7-11(13)16/h3-7,18H,17H2,1-2H3. The maximum Gasteiger partial charge on any atom is 0.262 e. The van der Waals surface area contributed by atoms with Crippen LogP contribution in [-0.4, -0.2) is 8.42 Å². The average molecular weight is 434 g/mol. The topological polar surface area (TPSA) is 72.2 Å². The molecule has 0 saturated carbocycles. The molecule has 0 heterocycles. The second-order valence-corrected chi connectivity index (χ2v) is 8.13. The molecule has 0 bridgehead atoms. The number of nitrogen functional groups attached to an aromatic ring is 1. The maximum absolute atomic E-state index is 12.6. The molecule has 2 rings (SSSR count). The predicted octanol–water partition coefficient (Wildman–Crippen LogP) is 4.21. The second kappa shape index (κ2) is 5.98. The molecule has 0 saturated heterocycles. The average Bonchev–Trinajstić information content (AvgIpc) is 2.37. The fraction of sp³-hybridized carbons (Fsp3) is 0.143. The highest BCUT2D eigenvalue weighted by Gasteiger charge is 2.20. The summed E-state index contributed by atoms with van der Waals surface area (Å²) in [6.07, 6.45) is 0. The van der Waals surface area contributed by atoms with Gasteiger partial charge in [-0.25, -0.2) is 8.42 Å². The first-order valence-electron chi connectivity index (χ1n) is 6.05. The van der Waals surface area contributed by atoms with E-state index in [1.807, 2.05) is 6.92 Å². The minimum absolute atomic E-state index is 0.190. The maximum atomic E-state index is 12.6. The third kappa shape index (κ3) is 3.59. The van der Waals surface area contributed by atoms with Crippen LogP contribution in [-0.2, 0) is 10.0 Å². The van der Waals surface area contributed by atoms with Crippen molar-refractivity contribution in [2.24, 2.45) is 0 Å². The summed E-state index contributed by atoms with van der Waals surface area (Å²) < 4.78 is 29.2. The summed E-state index contributed by atoms with van der Waals surface area (Å²) >= 11 is 6.67. The van der Waals surface area contributed by atoms with E-state index >= 15 is 0 Å². The molecule has 0 aliphatic carbocycles. The molecule has 0 aromatic heterocycles. The lowest BCUT2D eigenvalue weighted by atomic mass is 10.1. The number of hydrogen-bond acceptors (Lipinski definition) is 3. The summed E-state index contributed by atoms with van der Waals surface area (Å²) in [6.45, 7) is 3.50. The number of anilines is 2. The van der Waals surface area contributed by atoms with Crippen molar-refractivity contribution in [1.29, 1.82) is 0 Å². The van der Waals surface area contributed by atoms with Crippen molar-refractivity contribution in [2.75, 3.05) is 10.5 Å². The zero-order valence-corrected chi connectivity index (χ0v) is 15.4. The SMILES string of the molecule is Cc1cc(N)c(C)c(S(=O)(=O)Nc2ccc(Br)cc2Br)c1. The number of benzene rings is 2. The van der Waals surface area contributed by atoms with Gasteiger partial charge >= 0.3 is 0 Å². The summed E-state index contributed by atoms with van der Waals surface area (Å²) in [5, 5.41) is 0. The van der Waals surface area contributed by atoms with E-state index in [0.717, 1.165) is 10.0 Å². The quantitative estimate of drug-likeness (QED) is 0.712. The van der Waals surface area contributed by atoms with Gasteiger partial charge in [-0.3, -0.25) is 4.72 Å². The second-order valence-electron chi connectivity index (χ2n) is 4.71. The molecule has 0 radical (unpaired) electrons. The summed E-state index contributed by atoms with van der Waals surface area (Å²) in [5.74, 6) is 0. The summed E-state index contributed by atoms with van der Waals surface area (Å²) in [6, 6.07) is 8.58. The van der Waals surface area contributed by atoms with Gasteiger partial charge in [-0.15, -0.1) is 0 Å². The van der Waals surface area contributed by atoms with Gasteiger partial charge < -0.3 is 5.73 Å². The zero-order chi connectivity index (χ0) is 15.8. The van der Waals surface area contributed by atoms with Gasteiger partial charge in [-0.05, 0) is 71.2 Å². The molecule has 3 N–H and O–H groups in total. The van der Waals surface area contributed by atoms with Crippen LogP contribution in [0.4, 0.5) is 11.4 Å². The number of halogens is 2. The Bertz CT molecular complexity index is 805. The van der Waals surface area contributed by atoms with E-state index in [1.54, 1.807) is 37.3 Å². The van der Waals surface area contributed by atoms with Crippen LogP contribution in [0.1, 0.15) is 11.1 Å². The minimum Gasteiger partial charge on any atom is -0.398 e. The third-order valence-electron chi connectivity index (χ3n) is 3.01. The zero-order valence-electron chi connectivity index (χ0n) is 11.4. The molecule has 2 aromatic rings. The molecule has 4 nitrogen and oxygen atoms in total. The Balaban J connectivity index is 2.48. The molecule has 21 heavy (non-hydrogen) atoms. The summed E-state index contributed by atoms with van der Waals surface area (Å²) in [7, 11) is -3.70. The van der Waals surface area contributed by atoms with Crippen LogP contribution in [0.25, 0.3) is 0 Å². The fourth-order valence-corrected chi connectivity index (χ4v) is 4.62. The predicted molar refractivity (Wildman–Crippen MR) is 93.0 cm³/mol. The van der Waals surface area contributed by atoms with Crippen LogP contribution in [0.15, 0.2) is 44.2 Å². The highest BCUT2D eigenvalue weighted by atomic mass is 79.9. The number of nitrogens with two attached hydrogens (primary N) is 1. The van der Waals surface area contributed by atoms with Gasteiger partial charge in [0.1, 0.15) is 0 Å². The number of hydrogen-bond donors (Lipinski definition) is 2. The van der Waals surface area contributed by atoms with Crippen LogP contribution in [0.2, 0.25) is 0 Å². The molecule has 0 spiro atoms. The molecule has 0 aliphatic heterocycles. The van der Waals surface area contributed by atoms with Crippen molar-refractivity contribution in [3.8, 4) is 0 Å². The Morgan fingerprint density at radius 1 is 1.10 bits per heavy atom. The van der Waals surface area contributed by atoms with E-state index in [9.17, 15) is 8.42 Å². The summed E-state index contributed by atoms with van der Waals surface area (Å²) in [5.41, 5.74) is 8.13. The van der Waals surface area contributed by atoms with Gasteiger partial charge in [0, 0.05) is 14.6 Å². The monoisotopic (exact) mass is 432 g/mol. The number of rotatable bonds is 3.